The molecule has 0 amide bonds. The predicted molar refractivity (Wildman–Crippen MR) is 81.9 cm³/mol. The molecule has 0 fully saturated rings. The van der Waals surface area contributed by atoms with E-state index in [0.29, 0.717) is 0 Å². The van der Waals surface area contributed by atoms with Gasteiger partial charge < -0.3 is 14.5 Å². The third kappa shape index (κ3) is 2.13. The van der Waals surface area contributed by atoms with E-state index in [0.717, 1.165) is 35.7 Å². The first-order valence-electron chi connectivity index (χ1n) is 7.10. The number of oxazole rings is 1. The molecule has 0 spiro atoms. The number of ether oxygens (including phenoxy) is 1. The molecule has 4 nitrogen and oxygen atoms in total. The van der Waals surface area contributed by atoms with Gasteiger partial charge in [-0.1, -0.05) is 18.2 Å². The standard InChI is InChI=1S/C17H16N2O2/c1-20-13-6-7-16-15(9-13)19-17(21-16)12-8-11-4-2-3-5-14(11)18-10-12/h2-7,9,12,18H,8,10H2,1H3. The molecule has 2 aromatic carbocycles. The Balaban J connectivity index is 1.68. The second-order valence-electron chi connectivity index (χ2n) is 5.32. The molecule has 21 heavy (non-hydrogen) atoms. The van der Waals surface area contributed by atoms with Gasteiger partial charge in [0.05, 0.1) is 13.0 Å². The second-order valence-corrected chi connectivity index (χ2v) is 5.32. The van der Waals surface area contributed by atoms with Crippen molar-refractivity contribution in [3.63, 3.8) is 0 Å². The molecular formula is C17H16N2O2. The molecule has 4 heteroatoms. The molecule has 4 rings (SSSR count). The van der Waals surface area contributed by atoms with E-state index in [9.17, 15) is 0 Å². The third-order valence-electron chi connectivity index (χ3n) is 3.98. The number of nitrogens with zero attached hydrogens (tertiary/aromatic N) is 1. The summed E-state index contributed by atoms with van der Waals surface area (Å²) in [7, 11) is 1.66. The number of fused-ring (bicyclic) bond motifs is 2. The highest BCUT2D eigenvalue weighted by molar-refractivity contribution is 5.74. The summed E-state index contributed by atoms with van der Waals surface area (Å²) in [6.45, 7) is 0.848. The van der Waals surface area contributed by atoms with Crippen LogP contribution in [-0.2, 0) is 6.42 Å². The van der Waals surface area contributed by atoms with Crippen molar-refractivity contribution in [2.45, 2.75) is 12.3 Å². The Kier molecular flexibility index (Phi) is 2.81. The first kappa shape index (κ1) is 12.3. The number of benzene rings is 2. The maximum atomic E-state index is 5.92. The fourth-order valence-electron chi connectivity index (χ4n) is 2.84. The fourth-order valence-corrected chi connectivity index (χ4v) is 2.84. The van der Waals surface area contributed by atoms with E-state index >= 15 is 0 Å². The van der Waals surface area contributed by atoms with Crippen LogP contribution in [0.1, 0.15) is 17.4 Å². The maximum absolute atomic E-state index is 5.92. The number of aromatic nitrogens is 1. The van der Waals surface area contributed by atoms with Gasteiger partial charge in [0, 0.05) is 18.3 Å². The van der Waals surface area contributed by atoms with Crippen molar-refractivity contribution >= 4 is 16.8 Å². The number of rotatable bonds is 2. The number of hydrogen-bond acceptors (Lipinski definition) is 4. The summed E-state index contributed by atoms with van der Waals surface area (Å²) in [6, 6.07) is 14.1. The zero-order valence-electron chi connectivity index (χ0n) is 11.8. The fraction of sp³-hybridized carbons (Fsp3) is 0.235. The normalized spacial score (nSPS) is 17.3. The summed E-state index contributed by atoms with van der Waals surface area (Å²) >= 11 is 0. The topological polar surface area (TPSA) is 47.3 Å². The lowest BCUT2D eigenvalue weighted by atomic mass is 9.94. The zero-order chi connectivity index (χ0) is 14.2. The van der Waals surface area contributed by atoms with Gasteiger partial charge in [-0.2, -0.15) is 0 Å². The van der Waals surface area contributed by atoms with E-state index in [-0.39, 0.29) is 5.92 Å². The van der Waals surface area contributed by atoms with Crippen LogP contribution in [0.3, 0.4) is 0 Å². The van der Waals surface area contributed by atoms with Crippen LogP contribution in [-0.4, -0.2) is 18.6 Å². The Labute approximate surface area is 122 Å². The summed E-state index contributed by atoms with van der Waals surface area (Å²) in [6.07, 6.45) is 0.952. The van der Waals surface area contributed by atoms with E-state index < -0.39 is 0 Å². The first-order valence-corrected chi connectivity index (χ1v) is 7.10. The van der Waals surface area contributed by atoms with Crippen LogP contribution in [0, 0.1) is 0 Å². The molecule has 3 aromatic rings. The molecule has 1 aliphatic rings. The van der Waals surface area contributed by atoms with Crippen LogP contribution in [0.5, 0.6) is 5.75 Å². The highest BCUT2D eigenvalue weighted by atomic mass is 16.5. The molecular weight excluding hydrogens is 264 g/mol. The predicted octanol–water partition coefficient (Wildman–Crippen LogP) is 3.59. The molecule has 1 aromatic heterocycles. The van der Waals surface area contributed by atoms with E-state index in [1.807, 2.05) is 18.2 Å². The zero-order valence-corrected chi connectivity index (χ0v) is 11.8. The van der Waals surface area contributed by atoms with Crippen LogP contribution in [0.25, 0.3) is 11.1 Å². The quantitative estimate of drug-likeness (QED) is 0.779. The van der Waals surface area contributed by atoms with Crippen molar-refractivity contribution in [3.8, 4) is 5.75 Å². The molecule has 1 atom stereocenters. The van der Waals surface area contributed by atoms with Gasteiger partial charge in [0.1, 0.15) is 11.3 Å². The number of nitrogens with one attached hydrogen (secondary N) is 1. The second kappa shape index (κ2) is 4.81. The van der Waals surface area contributed by atoms with Gasteiger partial charge in [0.25, 0.3) is 0 Å². The molecule has 1 aliphatic heterocycles. The number of anilines is 1. The Morgan fingerprint density at radius 1 is 1.24 bits per heavy atom. The van der Waals surface area contributed by atoms with Gasteiger partial charge in [-0.25, -0.2) is 4.98 Å². The Morgan fingerprint density at radius 2 is 2.14 bits per heavy atom. The van der Waals surface area contributed by atoms with Gasteiger partial charge in [0.15, 0.2) is 5.58 Å². The van der Waals surface area contributed by atoms with Crippen LogP contribution < -0.4 is 10.1 Å². The summed E-state index contributed by atoms with van der Waals surface area (Å²) < 4.78 is 11.1. The molecule has 0 aliphatic carbocycles. The number of hydrogen-bond donors (Lipinski definition) is 1. The Morgan fingerprint density at radius 3 is 3.05 bits per heavy atom. The molecule has 1 unspecified atom stereocenters. The summed E-state index contributed by atoms with van der Waals surface area (Å²) in [5.74, 6) is 1.85. The molecule has 0 bridgehead atoms. The average Bonchev–Trinajstić information content (AvgIpc) is 2.97. The molecule has 2 heterocycles. The number of para-hydroxylation sites is 1. The van der Waals surface area contributed by atoms with Crippen LogP contribution in [0.2, 0.25) is 0 Å². The minimum Gasteiger partial charge on any atom is -0.497 e. The van der Waals surface area contributed by atoms with Crippen molar-refractivity contribution in [1.82, 2.24) is 4.98 Å². The van der Waals surface area contributed by atoms with Crippen molar-refractivity contribution in [3.05, 3.63) is 53.9 Å². The Hall–Kier alpha value is -2.49. The summed E-state index contributed by atoms with van der Waals surface area (Å²) in [5.41, 5.74) is 4.19. The van der Waals surface area contributed by atoms with Gasteiger partial charge >= 0.3 is 0 Å². The smallest absolute Gasteiger partial charge is 0.200 e. The third-order valence-corrected chi connectivity index (χ3v) is 3.98. The lowest BCUT2D eigenvalue weighted by Crippen LogP contribution is -2.21. The lowest BCUT2D eigenvalue weighted by Gasteiger charge is -2.23. The Bertz CT molecular complexity index is 794. The molecule has 106 valence electrons. The largest absolute Gasteiger partial charge is 0.497 e. The number of methoxy groups -OCH3 is 1. The first-order chi connectivity index (χ1) is 10.3. The average molecular weight is 280 g/mol. The van der Waals surface area contributed by atoms with Gasteiger partial charge in [0.2, 0.25) is 5.89 Å². The molecule has 0 saturated carbocycles. The molecule has 0 saturated heterocycles. The van der Waals surface area contributed by atoms with Gasteiger partial charge in [-0.05, 0) is 30.2 Å². The van der Waals surface area contributed by atoms with Crippen LogP contribution in [0.4, 0.5) is 5.69 Å². The SMILES string of the molecule is COc1ccc2oc(C3CNc4ccccc4C3)nc2c1. The van der Waals surface area contributed by atoms with E-state index in [4.69, 9.17) is 9.15 Å². The van der Waals surface area contributed by atoms with Crippen molar-refractivity contribution in [2.75, 3.05) is 19.0 Å². The molecule has 1 N–H and O–H groups in total. The van der Waals surface area contributed by atoms with Gasteiger partial charge in [-0.15, -0.1) is 0 Å². The van der Waals surface area contributed by atoms with E-state index in [2.05, 4.69) is 34.6 Å². The highest BCUT2D eigenvalue weighted by Crippen LogP contribution is 2.32. The minimum atomic E-state index is 0.262. The summed E-state index contributed by atoms with van der Waals surface area (Å²) in [5, 5.41) is 3.45. The van der Waals surface area contributed by atoms with Crippen molar-refractivity contribution in [1.29, 1.82) is 0 Å². The van der Waals surface area contributed by atoms with Crippen LogP contribution in [0.15, 0.2) is 46.9 Å². The lowest BCUT2D eigenvalue weighted by molar-refractivity contribution is 0.415. The van der Waals surface area contributed by atoms with E-state index in [1.165, 1.54) is 11.3 Å². The monoisotopic (exact) mass is 280 g/mol. The van der Waals surface area contributed by atoms with Crippen LogP contribution >= 0.6 is 0 Å². The van der Waals surface area contributed by atoms with Gasteiger partial charge in [-0.3, -0.25) is 0 Å². The van der Waals surface area contributed by atoms with E-state index in [1.54, 1.807) is 7.11 Å². The minimum absolute atomic E-state index is 0.262. The molecule has 0 radical (unpaired) electrons. The maximum Gasteiger partial charge on any atom is 0.200 e. The summed E-state index contributed by atoms with van der Waals surface area (Å²) in [4.78, 5) is 4.63. The van der Waals surface area contributed by atoms with Crippen molar-refractivity contribution < 1.29 is 9.15 Å². The highest BCUT2D eigenvalue weighted by Gasteiger charge is 2.24. The van der Waals surface area contributed by atoms with Crippen molar-refractivity contribution in [2.24, 2.45) is 0 Å².